The molecule has 1 aromatic heterocycles. The fourth-order valence-electron chi connectivity index (χ4n) is 1.92. The SMILES string of the molecule is CCC1(CNC(=O)c2c(N)cnn2C)CC1. The first-order chi connectivity index (χ1) is 7.58. The maximum absolute atomic E-state index is 11.9. The highest BCUT2D eigenvalue weighted by molar-refractivity contribution is 5.97. The van der Waals surface area contributed by atoms with E-state index in [1.54, 1.807) is 7.05 Å². The molecule has 1 heterocycles. The molecule has 0 saturated heterocycles. The minimum absolute atomic E-state index is 0.128. The Morgan fingerprint density at radius 2 is 2.38 bits per heavy atom. The Morgan fingerprint density at radius 1 is 1.69 bits per heavy atom. The lowest BCUT2D eigenvalue weighted by atomic mass is 10.0. The molecule has 5 heteroatoms. The quantitative estimate of drug-likeness (QED) is 0.795. The van der Waals surface area contributed by atoms with Gasteiger partial charge in [0.2, 0.25) is 0 Å². The third kappa shape index (κ3) is 1.89. The highest BCUT2D eigenvalue weighted by Gasteiger charge is 2.40. The number of rotatable bonds is 4. The third-order valence-corrected chi connectivity index (χ3v) is 3.51. The Morgan fingerprint density at radius 3 is 2.81 bits per heavy atom. The summed E-state index contributed by atoms with van der Waals surface area (Å²) in [4.78, 5) is 11.9. The van der Waals surface area contributed by atoms with Crippen LogP contribution in [0.5, 0.6) is 0 Å². The maximum atomic E-state index is 11.9. The minimum Gasteiger partial charge on any atom is -0.396 e. The summed E-state index contributed by atoms with van der Waals surface area (Å²) < 4.78 is 1.51. The van der Waals surface area contributed by atoms with Gasteiger partial charge in [0.15, 0.2) is 0 Å². The summed E-state index contributed by atoms with van der Waals surface area (Å²) in [6.07, 6.45) is 5.05. The van der Waals surface area contributed by atoms with E-state index in [1.807, 2.05) is 0 Å². The predicted molar refractivity (Wildman–Crippen MR) is 61.9 cm³/mol. The molecule has 1 aromatic rings. The Kier molecular flexibility index (Phi) is 2.61. The Labute approximate surface area is 95.0 Å². The molecule has 0 spiro atoms. The zero-order chi connectivity index (χ0) is 11.8. The molecule has 0 aromatic carbocycles. The first kappa shape index (κ1) is 11.0. The summed E-state index contributed by atoms with van der Waals surface area (Å²) in [6, 6.07) is 0. The van der Waals surface area contributed by atoms with E-state index in [4.69, 9.17) is 5.73 Å². The molecule has 1 fully saturated rings. The predicted octanol–water partition coefficient (Wildman–Crippen LogP) is 0.922. The van der Waals surface area contributed by atoms with Gasteiger partial charge in [0.1, 0.15) is 5.69 Å². The summed E-state index contributed by atoms with van der Waals surface area (Å²) in [5.74, 6) is -0.128. The highest BCUT2D eigenvalue weighted by Crippen LogP contribution is 2.47. The Bertz CT molecular complexity index is 387. The van der Waals surface area contributed by atoms with Crippen LogP contribution in [-0.2, 0) is 7.05 Å². The van der Waals surface area contributed by atoms with Crippen molar-refractivity contribution in [3.8, 4) is 0 Å². The van der Waals surface area contributed by atoms with E-state index in [1.165, 1.54) is 23.7 Å². The first-order valence-corrected chi connectivity index (χ1v) is 5.64. The summed E-state index contributed by atoms with van der Waals surface area (Å²) in [5, 5.41) is 6.89. The number of anilines is 1. The van der Waals surface area contributed by atoms with Crippen molar-refractivity contribution in [2.45, 2.75) is 26.2 Å². The number of hydrogen-bond donors (Lipinski definition) is 2. The van der Waals surface area contributed by atoms with Gasteiger partial charge in [0.25, 0.3) is 5.91 Å². The van der Waals surface area contributed by atoms with Gasteiger partial charge in [-0.15, -0.1) is 0 Å². The summed E-state index contributed by atoms with van der Waals surface area (Å²) >= 11 is 0. The lowest BCUT2D eigenvalue weighted by molar-refractivity contribution is 0.0936. The second-order valence-electron chi connectivity index (χ2n) is 4.61. The number of nitrogens with zero attached hydrogens (tertiary/aromatic N) is 2. The van der Waals surface area contributed by atoms with Gasteiger partial charge in [-0.25, -0.2) is 0 Å². The van der Waals surface area contributed by atoms with Crippen LogP contribution >= 0.6 is 0 Å². The molecule has 88 valence electrons. The number of aromatic nitrogens is 2. The normalized spacial score (nSPS) is 17.1. The number of aryl methyl sites for hydroxylation is 1. The lowest BCUT2D eigenvalue weighted by Gasteiger charge is -2.13. The molecule has 0 unspecified atom stereocenters. The van der Waals surface area contributed by atoms with Crippen molar-refractivity contribution in [1.29, 1.82) is 0 Å². The van der Waals surface area contributed by atoms with Gasteiger partial charge < -0.3 is 11.1 Å². The average molecular weight is 222 g/mol. The van der Waals surface area contributed by atoms with Gasteiger partial charge in [-0.05, 0) is 24.7 Å². The van der Waals surface area contributed by atoms with Crippen LogP contribution in [0.1, 0.15) is 36.7 Å². The largest absolute Gasteiger partial charge is 0.396 e. The van der Waals surface area contributed by atoms with Crippen molar-refractivity contribution < 1.29 is 4.79 Å². The number of carbonyl (C=O) groups excluding carboxylic acids is 1. The van der Waals surface area contributed by atoms with Crippen LogP contribution in [0.15, 0.2) is 6.20 Å². The summed E-state index contributed by atoms with van der Waals surface area (Å²) in [5.41, 5.74) is 6.92. The first-order valence-electron chi connectivity index (χ1n) is 5.64. The van der Waals surface area contributed by atoms with Crippen molar-refractivity contribution in [3.05, 3.63) is 11.9 Å². The number of nitrogen functional groups attached to an aromatic ring is 1. The van der Waals surface area contributed by atoms with Crippen molar-refractivity contribution in [3.63, 3.8) is 0 Å². The second kappa shape index (κ2) is 3.81. The third-order valence-electron chi connectivity index (χ3n) is 3.51. The van der Waals surface area contributed by atoms with Gasteiger partial charge >= 0.3 is 0 Å². The molecule has 0 radical (unpaired) electrons. The average Bonchev–Trinajstić information content (AvgIpc) is 2.97. The second-order valence-corrected chi connectivity index (χ2v) is 4.61. The van der Waals surface area contributed by atoms with Crippen LogP contribution < -0.4 is 11.1 Å². The smallest absolute Gasteiger partial charge is 0.271 e. The molecule has 16 heavy (non-hydrogen) atoms. The van der Waals surface area contributed by atoms with E-state index < -0.39 is 0 Å². The van der Waals surface area contributed by atoms with Crippen LogP contribution in [0.25, 0.3) is 0 Å². The maximum Gasteiger partial charge on any atom is 0.271 e. The van der Waals surface area contributed by atoms with Crippen molar-refractivity contribution in [2.75, 3.05) is 12.3 Å². The van der Waals surface area contributed by atoms with Crippen LogP contribution in [0.4, 0.5) is 5.69 Å². The molecular formula is C11H18N4O. The van der Waals surface area contributed by atoms with Gasteiger partial charge in [-0.3, -0.25) is 9.48 Å². The monoisotopic (exact) mass is 222 g/mol. The van der Waals surface area contributed by atoms with E-state index in [0.717, 1.165) is 13.0 Å². The van der Waals surface area contributed by atoms with Crippen LogP contribution in [0.2, 0.25) is 0 Å². The van der Waals surface area contributed by atoms with Crippen molar-refractivity contribution in [1.82, 2.24) is 15.1 Å². The van der Waals surface area contributed by atoms with Gasteiger partial charge in [-0.2, -0.15) is 5.10 Å². The number of amides is 1. The van der Waals surface area contributed by atoms with Crippen LogP contribution in [-0.4, -0.2) is 22.2 Å². The molecule has 3 N–H and O–H groups in total. The van der Waals surface area contributed by atoms with Gasteiger partial charge in [0, 0.05) is 13.6 Å². The molecule has 0 aliphatic heterocycles. The molecule has 1 aliphatic rings. The number of hydrogen-bond acceptors (Lipinski definition) is 3. The standard InChI is InChI=1S/C11H18N4O/c1-3-11(4-5-11)7-13-10(16)9-8(12)6-14-15(9)2/h6H,3-5,7,12H2,1-2H3,(H,13,16). The van der Waals surface area contributed by atoms with E-state index in [2.05, 4.69) is 17.3 Å². The van der Waals surface area contributed by atoms with Crippen molar-refractivity contribution in [2.24, 2.45) is 12.5 Å². The topological polar surface area (TPSA) is 72.9 Å². The summed E-state index contributed by atoms with van der Waals surface area (Å²) in [6.45, 7) is 2.91. The molecular weight excluding hydrogens is 204 g/mol. The Balaban J connectivity index is 1.98. The molecule has 1 amide bonds. The van der Waals surface area contributed by atoms with E-state index in [0.29, 0.717) is 16.8 Å². The fraction of sp³-hybridized carbons (Fsp3) is 0.636. The molecule has 0 atom stereocenters. The minimum atomic E-state index is -0.128. The zero-order valence-electron chi connectivity index (χ0n) is 9.79. The molecule has 5 nitrogen and oxygen atoms in total. The van der Waals surface area contributed by atoms with E-state index in [-0.39, 0.29) is 5.91 Å². The van der Waals surface area contributed by atoms with Gasteiger partial charge in [-0.1, -0.05) is 6.92 Å². The van der Waals surface area contributed by atoms with Crippen LogP contribution in [0, 0.1) is 5.41 Å². The van der Waals surface area contributed by atoms with Crippen LogP contribution in [0.3, 0.4) is 0 Å². The van der Waals surface area contributed by atoms with E-state index >= 15 is 0 Å². The van der Waals surface area contributed by atoms with Crippen molar-refractivity contribution >= 4 is 11.6 Å². The van der Waals surface area contributed by atoms with Gasteiger partial charge in [0.05, 0.1) is 11.9 Å². The molecule has 1 aliphatic carbocycles. The zero-order valence-corrected chi connectivity index (χ0v) is 9.79. The lowest BCUT2D eigenvalue weighted by Crippen LogP contribution is -2.31. The van der Waals surface area contributed by atoms with E-state index in [9.17, 15) is 4.79 Å². The molecule has 2 rings (SSSR count). The fourth-order valence-corrected chi connectivity index (χ4v) is 1.92. The number of nitrogens with two attached hydrogens (primary N) is 1. The molecule has 1 saturated carbocycles. The summed E-state index contributed by atoms with van der Waals surface area (Å²) in [7, 11) is 1.72. The Hall–Kier alpha value is -1.52. The number of nitrogens with one attached hydrogen (secondary N) is 1. The highest BCUT2D eigenvalue weighted by atomic mass is 16.2. The number of carbonyl (C=O) groups is 1. The molecule has 0 bridgehead atoms.